The van der Waals surface area contributed by atoms with Crippen LogP contribution in [0.5, 0.6) is 0 Å². The molecule has 26 heavy (non-hydrogen) atoms. The van der Waals surface area contributed by atoms with Crippen molar-refractivity contribution in [1.29, 1.82) is 0 Å². The number of carbonyl (C=O) groups excluding carboxylic acids is 1. The molecule has 2 atom stereocenters. The molecule has 3 heterocycles. The molecule has 4 rings (SSSR count). The Morgan fingerprint density at radius 3 is 2.85 bits per heavy atom. The molecule has 1 aliphatic rings. The second kappa shape index (κ2) is 7.05. The predicted octanol–water partition coefficient (Wildman–Crippen LogP) is 2.31. The Morgan fingerprint density at radius 2 is 2.08 bits per heavy atom. The quantitative estimate of drug-likeness (QED) is 0.778. The fourth-order valence-electron chi connectivity index (χ4n) is 3.23. The minimum Gasteiger partial charge on any atom is -0.348 e. The van der Waals surface area contributed by atoms with Crippen LogP contribution in [0.15, 0.2) is 59.4 Å². The number of likely N-dealkylation sites (tertiary alicyclic amines) is 1. The van der Waals surface area contributed by atoms with E-state index in [0.29, 0.717) is 17.3 Å². The van der Waals surface area contributed by atoms with Gasteiger partial charge in [-0.3, -0.25) is 14.7 Å². The summed E-state index contributed by atoms with van der Waals surface area (Å²) in [5.41, 5.74) is 1.48. The van der Waals surface area contributed by atoms with Crippen LogP contribution >= 0.6 is 0 Å². The number of pyridine rings is 1. The van der Waals surface area contributed by atoms with E-state index in [4.69, 9.17) is 4.52 Å². The molecule has 1 saturated heterocycles. The van der Waals surface area contributed by atoms with Crippen LogP contribution in [0, 0.1) is 0 Å². The molecular weight excluding hydrogens is 330 g/mol. The average Bonchev–Trinajstić information content (AvgIpc) is 3.30. The average molecular weight is 349 g/mol. The first-order valence-electron chi connectivity index (χ1n) is 8.51. The zero-order valence-electron chi connectivity index (χ0n) is 14.4. The fraction of sp³-hybridized carbons (Fsp3) is 0.263. The minimum atomic E-state index is -0.0637. The van der Waals surface area contributed by atoms with E-state index in [0.717, 1.165) is 18.5 Å². The molecule has 0 radical (unpaired) electrons. The number of rotatable bonds is 4. The van der Waals surface area contributed by atoms with E-state index < -0.39 is 0 Å². The number of benzene rings is 1. The summed E-state index contributed by atoms with van der Waals surface area (Å²) in [4.78, 5) is 23.1. The third kappa shape index (κ3) is 3.34. The van der Waals surface area contributed by atoms with Crippen LogP contribution in [0.3, 0.4) is 0 Å². The number of carbonyl (C=O) groups is 1. The second-order valence-electron chi connectivity index (χ2n) is 6.43. The summed E-state index contributed by atoms with van der Waals surface area (Å²) in [6.45, 7) is 0.730. The van der Waals surface area contributed by atoms with Gasteiger partial charge >= 0.3 is 0 Å². The fourth-order valence-corrected chi connectivity index (χ4v) is 3.23. The van der Waals surface area contributed by atoms with Crippen molar-refractivity contribution in [3.8, 4) is 11.4 Å². The Hall–Kier alpha value is -3.06. The van der Waals surface area contributed by atoms with Crippen molar-refractivity contribution < 1.29 is 9.32 Å². The highest BCUT2D eigenvalue weighted by Crippen LogP contribution is 2.30. The zero-order valence-corrected chi connectivity index (χ0v) is 14.4. The van der Waals surface area contributed by atoms with Gasteiger partial charge in [0.05, 0.1) is 6.04 Å². The van der Waals surface area contributed by atoms with Crippen molar-refractivity contribution in [2.45, 2.75) is 18.5 Å². The highest BCUT2D eigenvalue weighted by Gasteiger charge is 2.35. The van der Waals surface area contributed by atoms with Crippen LogP contribution in [0.25, 0.3) is 11.4 Å². The normalized spacial score (nSPS) is 20.2. The number of nitrogens with one attached hydrogen (secondary N) is 1. The van der Waals surface area contributed by atoms with E-state index in [1.54, 1.807) is 12.4 Å². The summed E-state index contributed by atoms with van der Waals surface area (Å²) < 4.78 is 5.47. The Kier molecular flexibility index (Phi) is 4.45. The third-order valence-corrected chi connectivity index (χ3v) is 4.57. The third-order valence-electron chi connectivity index (χ3n) is 4.57. The lowest BCUT2D eigenvalue weighted by Crippen LogP contribution is -2.36. The molecule has 0 spiro atoms. The summed E-state index contributed by atoms with van der Waals surface area (Å²) >= 11 is 0. The maximum atomic E-state index is 12.4. The van der Waals surface area contributed by atoms with Crippen molar-refractivity contribution in [3.63, 3.8) is 0 Å². The maximum Gasteiger partial charge on any atom is 0.251 e. The minimum absolute atomic E-state index is 0.0194. The van der Waals surface area contributed by atoms with E-state index in [-0.39, 0.29) is 18.0 Å². The van der Waals surface area contributed by atoms with Gasteiger partial charge in [0.25, 0.3) is 5.91 Å². The molecule has 1 amide bonds. The highest BCUT2D eigenvalue weighted by atomic mass is 16.5. The Morgan fingerprint density at radius 1 is 1.23 bits per heavy atom. The molecule has 7 heteroatoms. The summed E-state index contributed by atoms with van der Waals surface area (Å²) in [6.07, 6.45) is 4.13. The van der Waals surface area contributed by atoms with Crippen molar-refractivity contribution >= 4 is 5.91 Å². The van der Waals surface area contributed by atoms with Crippen LogP contribution in [0.1, 0.15) is 28.7 Å². The van der Waals surface area contributed by atoms with Gasteiger partial charge in [0.15, 0.2) is 0 Å². The molecule has 3 aromatic rings. The first kappa shape index (κ1) is 16.4. The number of aromatic nitrogens is 3. The van der Waals surface area contributed by atoms with Crippen molar-refractivity contribution in [2.24, 2.45) is 0 Å². The summed E-state index contributed by atoms with van der Waals surface area (Å²) in [5.74, 6) is 1.02. The topological polar surface area (TPSA) is 84.2 Å². The molecule has 1 aliphatic heterocycles. The largest absolute Gasteiger partial charge is 0.348 e. The van der Waals surface area contributed by atoms with Crippen LogP contribution in [-0.2, 0) is 0 Å². The SMILES string of the molecule is CN1CC(NC(=O)c2ccccc2)CC1c1nc(-c2cccnc2)no1. The van der Waals surface area contributed by atoms with Crippen molar-refractivity contribution in [1.82, 2.24) is 25.3 Å². The molecular formula is C19H19N5O2. The summed E-state index contributed by atoms with van der Waals surface area (Å²) in [7, 11) is 1.99. The van der Waals surface area contributed by atoms with Gasteiger partial charge in [-0.05, 0) is 37.7 Å². The van der Waals surface area contributed by atoms with Crippen molar-refractivity contribution in [2.75, 3.05) is 13.6 Å². The van der Waals surface area contributed by atoms with E-state index in [1.165, 1.54) is 0 Å². The standard InChI is InChI=1S/C19H19N5O2/c1-24-12-15(21-18(25)13-6-3-2-4-7-13)10-16(24)19-22-17(23-26-19)14-8-5-9-20-11-14/h2-9,11,15-16H,10,12H2,1H3,(H,21,25). The smallest absolute Gasteiger partial charge is 0.251 e. The number of nitrogens with zero attached hydrogens (tertiary/aromatic N) is 4. The van der Waals surface area contributed by atoms with Gasteiger partial charge in [0, 0.05) is 36.1 Å². The van der Waals surface area contributed by atoms with E-state index in [2.05, 4.69) is 25.3 Å². The Labute approximate surface area is 151 Å². The van der Waals surface area contributed by atoms with Crippen LogP contribution < -0.4 is 5.32 Å². The summed E-state index contributed by atoms with van der Waals surface area (Å²) in [6, 6.07) is 13.0. The zero-order chi connectivity index (χ0) is 17.9. The van der Waals surface area contributed by atoms with Crippen LogP contribution in [0.4, 0.5) is 0 Å². The molecule has 1 fully saturated rings. The molecule has 2 unspecified atom stereocenters. The number of likely N-dealkylation sites (N-methyl/N-ethyl adjacent to an activating group) is 1. The first-order valence-corrected chi connectivity index (χ1v) is 8.51. The molecule has 0 saturated carbocycles. The van der Waals surface area contributed by atoms with Crippen molar-refractivity contribution in [3.05, 3.63) is 66.3 Å². The lowest BCUT2D eigenvalue weighted by atomic mass is 10.1. The molecule has 2 aromatic heterocycles. The Balaban J connectivity index is 1.44. The van der Waals surface area contributed by atoms with Gasteiger partial charge in [0.1, 0.15) is 0 Å². The highest BCUT2D eigenvalue weighted by molar-refractivity contribution is 5.94. The van der Waals surface area contributed by atoms with Gasteiger partial charge in [-0.15, -0.1) is 0 Å². The molecule has 0 aliphatic carbocycles. The Bertz CT molecular complexity index is 881. The van der Waals surface area contributed by atoms with Gasteiger partial charge in [-0.1, -0.05) is 23.4 Å². The molecule has 7 nitrogen and oxygen atoms in total. The lowest BCUT2D eigenvalue weighted by Gasteiger charge is -2.14. The van der Waals surface area contributed by atoms with E-state index in [1.807, 2.05) is 49.5 Å². The second-order valence-corrected chi connectivity index (χ2v) is 6.43. The molecule has 1 aromatic carbocycles. The predicted molar refractivity (Wildman–Crippen MR) is 95.2 cm³/mol. The first-order chi connectivity index (χ1) is 12.7. The number of amides is 1. The van der Waals surface area contributed by atoms with Crippen LogP contribution in [0.2, 0.25) is 0 Å². The van der Waals surface area contributed by atoms with Gasteiger partial charge < -0.3 is 9.84 Å². The monoisotopic (exact) mass is 349 g/mol. The van der Waals surface area contributed by atoms with E-state index in [9.17, 15) is 4.79 Å². The molecule has 0 bridgehead atoms. The molecule has 1 N–H and O–H groups in total. The van der Waals surface area contributed by atoms with E-state index >= 15 is 0 Å². The van der Waals surface area contributed by atoms with Crippen LogP contribution in [-0.4, -0.2) is 45.6 Å². The number of hydrogen-bond donors (Lipinski definition) is 1. The van der Waals surface area contributed by atoms with Gasteiger partial charge in [-0.25, -0.2) is 0 Å². The molecule has 132 valence electrons. The van der Waals surface area contributed by atoms with Gasteiger partial charge in [0.2, 0.25) is 11.7 Å². The summed E-state index contributed by atoms with van der Waals surface area (Å²) in [5, 5.41) is 7.14. The number of hydrogen-bond acceptors (Lipinski definition) is 6. The van der Waals surface area contributed by atoms with Gasteiger partial charge in [-0.2, -0.15) is 4.98 Å². The maximum absolute atomic E-state index is 12.4. The lowest BCUT2D eigenvalue weighted by molar-refractivity contribution is 0.0938.